The smallest absolute Gasteiger partial charge is 0.322 e. The van der Waals surface area contributed by atoms with Crippen molar-refractivity contribution in [1.29, 1.82) is 0 Å². The zero-order valence-corrected chi connectivity index (χ0v) is 11.6. The van der Waals surface area contributed by atoms with Gasteiger partial charge in [0.15, 0.2) is 0 Å². The second-order valence-corrected chi connectivity index (χ2v) is 4.57. The molecule has 0 spiro atoms. The molecule has 0 aromatic heterocycles. The molecule has 5 nitrogen and oxygen atoms in total. The summed E-state index contributed by atoms with van der Waals surface area (Å²) < 4.78 is 5.23. The fourth-order valence-corrected chi connectivity index (χ4v) is 1.95. The van der Waals surface area contributed by atoms with E-state index in [0.29, 0.717) is 32.8 Å². The molecule has 1 aromatic rings. The van der Waals surface area contributed by atoms with Gasteiger partial charge in [-0.1, -0.05) is 17.9 Å². The summed E-state index contributed by atoms with van der Waals surface area (Å²) in [5, 5.41) is 2.89. The minimum atomic E-state index is -0.102. The molecule has 106 valence electrons. The molecule has 3 N–H and O–H groups in total. The van der Waals surface area contributed by atoms with Crippen LogP contribution in [0.25, 0.3) is 0 Å². The lowest BCUT2D eigenvalue weighted by molar-refractivity contribution is 0.0564. The molecular formula is C15H19N3O2. The number of benzene rings is 1. The van der Waals surface area contributed by atoms with Crippen LogP contribution in [0.5, 0.6) is 0 Å². The molecule has 0 radical (unpaired) electrons. The Labute approximate surface area is 119 Å². The van der Waals surface area contributed by atoms with Crippen molar-refractivity contribution >= 4 is 11.7 Å². The number of carbonyl (C=O) groups is 1. The normalized spacial score (nSPS) is 14.4. The van der Waals surface area contributed by atoms with Gasteiger partial charge in [-0.2, -0.15) is 0 Å². The lowest BCUT2D eigenvalue weighted by Crippen LogP contribution is -2.43. The van der Waals surface area contributed by atoms with Gasteiger partial charge in [-0.05, 0) is 24.6 Å². The molecule has 2 rings (SSSR count). The van der Waals surface area contributed by atoms with Crippen molar-refractivity contribution in [1.82, 2.24) is 4.90 Å². The minimum absolute atomic E-state index is 0.102. The highest BCUT2D eigenvalue weighted by atomic mass is 16.5. The standard InChI is InChI=1S/C15H19N3O2/c1-12-4-5-14(11-13(12)3-2-6-16)17-15(19)18-7-9-20-10-8-18/h4-5,11H,6-10,16H2,1H3,(H,17,19). The van der Waals surface area contributed by atoms with Crippen LogP contribution in [0.2, 0.25) is 0 Å². The number of morpholine rings is 1. The Morgan fingerprint density at radius 1 is 1.45 bits per heavy atom. The third-order valence-corrected chi connectivity index (χ3v) is 3.11. The number of anilines is 1. The first-order chi connectivity index (χ1) is 9.70. The second-order valence-electron chi connectivity index (χ2n) is 4.57. The Bertz CT molecular complexity index is 540. The average molecular weight is 273 g/mol. The number of aryl methyl sites for hydroxylation is 1. The maximum Gasteiger partial charge on any atom is 0.322 e. The Balaban J connectivity index is 2.07. The summed E-state index contributed by atoms with van der Waals surface area (Å²) in [4.78, 5) is 13.8. The van der Waals surface area contributed by atoms with Crippen LogP contribution < -0.4 is 11.1 Å². The molecule has 0 unspecified atom stereocenters. The van der Waals surface area contributed by atoms with Crippen molar-refractivity contribution in [3.8, 4) is 11.8 Å². The third kappa shape index (κ3) is 3.73. The van der Waals surface area contributed by atoms with Gasteiger partial charge in [0.05, 0.1) is 19.8 Å². The molecule has 1 aromatic carbocycles. The van der Waals surface area contributed by atoms with Crippen LogP contribution in [0, 0.1) is 18.8 Å². The van der Waals surface area contributed by atoms with Crippen LogP contribution in [-0.4, -0.2) is 43.8 Å². The van der Waals surface area contributed by atoms with E-state index in [-0.39, 0.29) is 6.03 Å². The quantitative estimate of drug-likeness (QED) is 0.755. The molecule has 1 aliphatic rings. The molecular weight excluding hydrogens is 254 g/mol. The number of hydrogen-bond acceptors (Lipinski definition) is 3. The lowest BCUT2D eigenvalue weighted by atomic mass is 10.1. The molecule has 0 saturated carbocycles. The van der Waals surface area contributed by atoms with Gasteiger partial charge in [-0.3, -0.25) is 0 Å². The van der Waals surface area contributed by atoms with E-state index >= 15 is 0 Å². The number of nitrogens with one attached hydrogen (secondary N) is 1. The number of amides is 2. The number of ether oxygens (including phenoxy) is 1. The fraction of sp³-hybridized carbons (Fsp3) is 0.400. The maximum absolute atomic E-state index is 12.1. The van der Waals surface area contributed by atoms with Gasteiger partial charge in [0, 0.05) is 24.3 Å². The van der Waals surface area contributed by atoms with Crippen molar-refractivity contribution in [2.45, 2.75) is 6.92 Å². The van der Waals surface area contributed by atoms with Crippen molar-refractivity contribution in [2.75, 3.05) is 38.2 Å². The number of urea groups is 1. The Morgan fingerprint density at radius 2 is 2.20 bits per heavy atom. The summed E-state index contributed by atoms with van der Waals surface area (Å²) in [5.41, 5.74) is 8.07. The zero-order valence-electron chi connectivity index (χ0n) is 11.6. The third-order valence-electron chi connectivity index (χ3n) is 3.11. The number of hydrogen-bond donors (Lipinski definition) is 2. The summed E-state index contributed by atoms with van der Waals surface area (Å²) in [6, 6.07) is 5.59. The lowest BCUT2D eigenvalue weighted by Gasteiger charge is -2.27. The number of nitrogens with zero attached hydrogens (tertiary/aromatic N) is 1. The van der Waals surface area contributed by atoms with E-state index in [9.17, 15) is 4.79 Å². The highest BCUT2D eigenvalue weighted by Gasteiger charge is 2.16. The first-order valence-electron chi connectivity index (χ1n) is 6.64. The van der Waals surface area contributed by atoms with E-state index in [2.05, 4.69) is 17.2 Å². The summed E-state index contributed by atoms with van der Waals surface area (Å²) in [6.45, 7) is 4.73. The van der Waals surface area contributed by atoms with Crippen LogP contribution in [0.1, 0.15) is 11.1 Å². The molecule has 20 heavy (non-hydrogen) atoms. The zero-order chi connectivity index (χ0) is 14.4. The van der Waals surface area contributed by atoms with Crippen molar-refractivity contribution in [3.63, 3.8) is 0 Å². The second kappa shape index (κ2) is 6.94. The van der Waals surface area contributed by atoms with Crippen molar-refractivity contribution < 1.29 is 9.53 Å². The monoisotopic (exact) mass is 273 g/mol. The first kappa shape index (κ1) is 14.4. The van der Waals surface area contributed by atoms with E-state index < -0.39 is 0 Å². The molecule has 5 heteroatoms. The van der Waals surface area contributed by atoms with Crippen LogP contribution in [0.3, 0.4) is 0 Å². The molecule has 1 aliphatic heterocycles. The van der Waals surface area contributed by atoms with Gasteiger partial charge in [-0.25, -0.2) is 4.79 Å². The van der Waals surface area contributed by atoms with Crippen LogP contribution >= 0.6 is 0 Å². The van der Waals surface area contributed by atoms with Crippen LogP contribution in [0.15, 0.2) is 18.2 Å². The summed E-state index contributed by atoms with van der Waals surface area (Å²) in [6.07, 6.45) is 0. The molecule has 0 atom stereocenters. The predicted octanol–water partition coefficient (Wildman–Crippen LogP) is 1.17. The van der Waals surface area contributed by atoms with Gasteiger partial charge >= 0.3 is 6.03 Å². The average Bonchev–Trinajstić information content (AvgIpc) is 2.48. The SMILES string of the molecule is Cc1ccc(NC(=O)N2CCOCC2)cc1C#CCN. The summed E-state index contributed by atoms with van der Waals surface area (Å²) >= 11 is 0. The van der Waals surface area contributed by atoms with E-state index in [4.69, 9.17) is 10.5 Å². The van der Waals surface area contributed by atoms with E-state index in [1.165, 1.54) is 0 Å². The first-order valence-corrected chi connectivity index (χ1v) is 6.64. The summed E-state index contributed by atoms with van der Waals surface area (Å²) in [7, 11) is 0. The van der Waals surface area contributed by atoms with Gasteiger partial charge in [0.1, 0.15) is 0 Å². The molecule has 1 saturated heterocycles. The van der Waals surface area contributed by atoms with Crippen LogP contribution in [0.4, 0.5) is 10.5 Å². The van der Waals surface area contributed by atoms with E-state index in [1.54, 1.807) is 4.90 Å². The summed E-state index contributed by atoms with van der Waals surface area (Å²) in [5.74, 6) is 5.83. The molecule has 1 fully saturated rings. The van der Waals surface area contributed by atoms with Gasteiger partial charge in [0.2, 0.25) is 0 Å². The van der Waals surface area contributed by atoms with E-state index in [1.807, 2.05) is 25.1 Å². The van der Waals surface area contributed by atoms with Gasteiger partial charge in [0.25, 0.3) is 0 Å². The molecule has 1 heterocycles. The predicted molar refractivity (Wildman–Crippen MR) is 78.5 cm³/mol. The fourth-order valence-electron chi connectivity index (χ4n) is 1.95. The molecule has 0 bridgehead atoms. The van der Waals surface area contributed by atoms with Gasteiger partial charge < -0.3 is 20.7 Å². The highest BCUT2D eigenvalue weighted by Crippen LogP contribution is 2.15. The number of carbonyl (C=O) groups excluding carboxylic acids is 1. The number of nitrogens with two attached hydrogens (primary N) is 1. The Morgan fingerprint density at radius 3 is 2.90 bits per heavy atom. The van der Waals surface area contributed by atoms with Gasteiger partial charge in [-0.15, -0.1) is 0 Å². The maximum atomic E-state index is 12.1. The van der Waals surface area contributed by atoms with Crippen molar-refractivity contribution in [3.05, 3.63) is 29.3 Å². The highest BCUT2D eigenvalue weighted by molar-refractivity contribution is 5.89. The topological polar surface area (TPSA) is 67.6 Å². The Hall–Kier alpha value is -2.03. The van der Waals surface area contributed by atoms with Crippen LogP contribution in [-0.2, 0) is 4.74 Å². The minimum Gasteiger partial charge on any atom is -0.378 e. The Kier molecular flexibility index (Phi) is 4.99. The van der Waals surface area contributed by atoms with E-state index in [0.717, 1.165) is 16.8 Å². The van der Waals surface area contributed by atoms with Crippen molar-refractivity contribution in [2.24, 2.45) is 5.73 Å². The molecule has 2 amide bonds. The largest absolute Gasteiger partial charge is 0.378 e. The molecule has 0 aliphatic carbocycles. The number of rotatable bonds is 1.